The van der Waals surface area contributed by atoms with Crippen LogP contribution in [0.5, 0.6) is 5.75 Å². The summed E-state index contributed by atoms with van der Waals surface area (Å²) in [5, 5.41) is 1.21. The third-order valence-corrected chi connectivity index (χ3v) is 6.44. The molecule has 0 saturated heterocycles. The molecule has 1 amide bonds. The number of rotatable bonds is 8. The predicted octanol–water partition coefficient (Wildman–Crippen LogP) is 5.26. The van der Waals surface area contributed by atoms with Gasteiger partial charge in [-0.1, -0.05) is 48.9 Å². The summed E-state index contributed by atoms with van der Waals surface area (Å²) in [7, 11) is 1.64. The summed E-state index contributed by atoms with van der Waals surface area (Å²) < 4.78 is 6.52. The summed E-state index contributed by atoms with van der Waals surface area (Å²) in [5.74, 6) is 0.613. The zero-order valence-electron chi connectivity index (χ0n) is 17.2. The summed E-state index contributed by atoms with van der Waals surface area (Å²) in [6, 6.07) is 11.0. The van der Waals surface area contributed by atoms with Gasteiger partial charge in [0.25, 0.3) is 5.91 Å². The molecule has 0 saturated carbocycles. The Labute approximate surface area is 180 Å². The van der Waals surface area contributed by atoms with Crippen molar-refractivity contribution in [3.63, 3.8) is 0 Å². The van der Waals surface area contributed by atoms with Crippen molar-refractivity contribution in [1.29, 1.82) is 0 Å². The summed E-state index contributed by atoms with van der Waals surface area (Å²) in [5.41, 5.74) is 2.46. The van der Waals surface area contributed by atoms with Gasteiger partial charge in [0.2, 0.25) is 0 Å². The number of aryl methyl sites for hydroxylation is 1. The maximum absolute atomic E-state index is 13.4. The number of carbonyl (C=O) groups is 1. The summed E-state index contributed by atoms with van der Waals surface area (Å²) in [4.78, 5) is 22.2. The van der Waals surface area contributed by atoms with Gasteiger partial charge in [0, 0.05) is 23.7 Å². The van der Waals surface area contributed by atoms with E-state index in [1.165, 1.54) is 11.3 Å². The maximum Gasteiger partial charge on any atom is 0.260 e. The number of benzene rings is 2. The molecule has 0 atom stereocenters. The summed E-state index contributed by atoms with van der Waals surface area (Å²) in [6.07, 6.45) is 0. The molecule has 0 aliphatic rings. The molecule has 0 unspecified atom stereocenters. The molecule has 7 heteroatoms. The van der Waals surface area contributed by atoms with Crippen LogP contribution >= 0.6 is 22.9 Å². The van der Waals surface area contributed by atoms with E-state index in [0.717, 1.165) is 35.4 Å². The number of hydrogen-bond acceptors (Lipinski definition) is 5. The lowest BCUT2D eigenvalue weighted by Crippen LogP contribution is -2.38. The van der Waals surface area contributed by atoms with Crippen LogP contribution in [0.3, 0.4) is 0 Å². The zero-order chi connectivity index (χ0) is 21.0. The van der Waals surface area contributed by atoms with Crippen LogP contribution in [-0.4, -0.2) is 49.1 Å². The largest absolute Gasteiger partial charge is 0.494 e. The number of methoxy groups -OCH3 is 1. The fourth-order valence-corrected chi connectivity index (χ4v) is 4.49. The van der Waals surface area contributed by atoms with Crippen molar-refractivity contribution in [2.45, 2.75) is 20.8 Å². The normalized spacial score (nSPS) is 11.2. The van der Waals surface area contributed by atoms with Crippen LogP contribution in [0.4, 0.5) is 5.13 Å². The molecule has 1 heterocycles. The standard InChI is InChI=1S/C22H26ClN3O2S/c1-5-25(6-2)12-13-26(21(27)16-8-7-9-17(23)14-16)22-24-19-18(28-4)11-10-15(3)20(19)29-22/h7-11,14H,5-6,12-13H2,1-4H3. The molecule has 154 valence electrons. The Morgan fingerprint density at radius 3 is 2.59 bits per heavy atom. The predicted molar refractivity (Wildman–Crippen MR) is 122 cm³/mol. The second-order valence-corrected chi connectivity index (χ2v) is 8.17. The van der Waals surface area contributed by atoms with Crippen LogP contribution in [0.1, 0.15) is 29.8 Å². The van der Waals surface area contributed by atoms with Crippen molar-refractivity contribution in [1.82, 2.24) is 9.88 Å². The van der Waals surface area contributed by atoms with Crippen LogP contribution in [-0.2, 0) is 0 Å². The van der Waals surface area contributed by atoms with Gasteiger partial charge in [0.15, 0.2) is 5.13 Å². The van der Waals surface area contributed by atoms with Crippen molar-refractivity contribution < 1.29 is 9.53 Å². The quantitative estimate of drug-likeness (QED) is 0.488. The number of anilines is 1. The minimum Gasteiger partial charge on any atom is -0.494 e. The maximum atomic E-state index is 13.4. The van der Waals surface area contributed by atoms with Crippen molar-refractivity contribution in [2.75, 3.05) is 38.2 Å². The Morgan fingerprint density at radius 1 is 1.17 bits per heavy atom. The highest BCUT2D eigenvalue weighted by Gasteiger charge is 2.23. The lowest BCUT2D eigenvalue weighted by atomic mass is 10.2. The van der Waals surface area contributed by atoms with Crippen LogP contribution in [0.15, 0.2) is 36.4 Å². The first kappa shape index (κ1) is 21.6. The number of halogens is 1. The minimum atomic E-state index is -0.102. The molecule has 0 spiro atoms. The van der Waals surface area contributed by atoms with E-state index in [1.54, 1.807) is 36.3 Å². The van der Waals surface area contributed by atoms with E-state index in [2.05, 4.69) is 18.7 Å². The number of thiazole rings is 1. The molecule has 2 aromatic carbocycles. The fraction of sp³-hybridized carbons (Fsp3) is 0.364. The molecule has 5 nitrogen and oxygen atoms in total. The van der Waals surface area contributed by atoms with E-state index < -0.39 is 0 Å². The molecular weight excluding hydrogens is 406 g/mol. The topological polar surface area (TPSA) is 45.7 Å². The molecule has 3 rings (SSSR count). The smallest absolute Gasteiger partial charge is 0.260 e. The first-order valence-electron chi connectivity index (χ1n) is 9.72. The number of amides is 1. The number of carbonyl (C=O) groups excluding carboxylic acids is 1. The number of likely N-dealkylation sites (N-methyl/N-ethyl adjacent to an activating group) is 1. The van der Waals surface area contributed by atoms with E-state index in [0.29, 0.717) is 28.0 Å². The van der Waals surface area contributed by atoms with Gasteiger partial charge >= 0.3 is 0 Å². The Morgan fingerprint density at radius 2 is 1.93 bits per heavy atom. The Hall–Kier alpha value is -2.15. The SMILES string of the molecule is CCN(CC)CCN(C(=O)c1cccc(Cl)c1)c1nc2c(OC)ccc(C)c2s1. The van der Waals surface area contributed by atoms with Crippen molar-refractivity contribution in [3.05, 3.63) is 52.5 Å². The Bertz CT molecular complexity index is 1000. The lowest BCUT2D eigenvalue weighted by molar-refractivity contribution is 0.0984. The van der Waals surface area contributed by atoms with E-state index in [9.17, 15) is 4.79 Å². The van der Waals surface area contributed by atoms with Crippen molar-refractivity contribution in [3.8, 4) is 5.75 Å². The van der Waals surface area contributed by atoms with Gasteiger partial charge in [-0.25, -0.2) is 4.98 Å². The molecule has 3 aromatic rings. The number of aromatic nitrogens is 1. The molecule has 0 aliphatic carbocycles. The fourth-order valence-electron chi connectivity index (χ4n) is 3.22. The van der Waals surface area contributed by atoms with Crippen LogP contribution < -0.4 is 9.64 Å². The third kappa shape index (κ3) is 4.71. The molecule has 0 fully saturated rings. The highest BCUT2D eigenvalue weighted by Crippen LogP contribution is 2.36. The Kier molecular flexibility index (Phi) is 7.11. The van der Waals surface area contributed by atoms with E-state index in [-0.39, 0.29) is 5.91 Å². The van der Waals surface area contributed by atoms with Gasteiger partial charge in [-0.2, -0.15) is 0 Å². The van der Waals surface area contributed by atoms with Crippen LogP contribution in [0.25, 0.3) is 10.2 Å². The summed E-state index contributed by atoms with van der Waals surface area (Å²) in [6.45, 7) is 9.48. The van der Waals surface area contributed by atoms with E-state index in [1.807, 2.05) is 19.1 Å². The molecule has 1 aromatic heterocycles. The van der Waals surface area contributed by atoms with Crippen LogP contribution in [0.2, 0.25) is 5.02 Å². The van der Waals surface area contributed by atoms with Gasteiger partial charge in [-0.15, -0.1) is 0 Å². The van der Waals surface area contributed by atoms with Gasteiger partial charge in [0.05, 0.1) is 11.8 Å². The first-order chi connectivity index (χ1) is 14.0. The average molecular weight is 432 g/mol. The number of fused-ring (bicyclic) bond motifs is 1. The highest BCUT2D eigenvalue weighted by atomic mass is 35.5. The molecule has 0 bridgehead atoms. The molecule has 29 heavy (non-hydrogen) atoms. The first-order valence-corrected chi connectivity index (χ1v) is 10.9. The van der Waals surface area contributed by atoms with Crippen molar-refractivity contribution in [2.24, 2.45) is 0 Å². The minimum absolute atomic E-state index is 0.102. The second-order valence-electron chi connectivity index (χ2n) is 6.75. The molecular formula is C22H26ClN3O2S. The molecule has 0 aliphatic heterocycles. The van der Waals surface area contributed by atoms with Crippen molar-refractivity contribution >= 4 is 44.2 Å². The average Bonchev–Trinajstić information content (AvgIpc) is 3.17. The second kappa shape index (κ2) is 9.57. The molecule has 0 N–H and O–H groups in total. The number of hydrogen-bond donors (Lipinski definition) is 0. The van der Waals surface area contributed by atoms with Gasteiger partial charge in [-0.3, -0.25) is 9.69 Å². The number of nitrogens with zero attached hydrogens (tertiary/aromatic N) is 3. The zero-order valence-corrected chi connectivity index (χ0v) is 18.8. The monoisotopic (exact) mass is 431 g/mol. The molecule has 0 radical (unpaired) electrons. The number of ether oxygens (including phenoxy) is 1. The summed E-state index contributed by atoms with van der Waals surface area (Å²) >= 11 is 7.65. The lowest BCUT2D eigenvalue weighted by Gasteiger charge is -2.24. The van der Waals surface area contributed by atoms with E-state index >= 15 is 0 Å². The van der Waals surface area contributed by atoms with Gasteiger partial charge in [0.1, 0.15) is 11.3 Å². The van der Waals surface area contributed by atoms with Gasteiger partial charge < -0.3 is 9.64 Å². The van der Waals surface area contributed by atoms with Gasteiger partial charge in [-0.05, 0) is 49.8 Å². The van der Waals surface area contributed by atoms with E-state index in [4.69, 9.17) is 21.3 Å². The Balaban J connectivity index is 2.03. The van der Waals surface area contributed by atoms with Crippen LogP contribution in [0, 0.1) is 6.92 Å². The highest BCUT2D eigenvalue weighted by molar-refractivity contribution is 7.22. The third-order valence-electron chi connectivity index (χ3n) is 4.99.